The first kappa shape index (κ1) is 17.1. The number of anilines is 3. The first-order valence-electron chi connectivity index (χ1n) is 8.72. The lowest BCUT2D eigenvalue weighted by atomic mass is 10.0. The Bertz CT molecular complexity index is 738. The second kappa shape index (κ2) is 7.46. The van der Waals surface area contributed by atoms with Gasteiger partial charge in [-0.1, -0.05) is 18.2 Å². The zero-order valence-electron chi connectivity index (χ0n) is 14.6. The van der Waals surface area contributed by atoms with E-state index in [1.165, 1.54) is 6.33 Å². The van der Waals surface area contributed by atoms with Crippen LogP contribution in [-0.2, 0) is 0 Å². The fraction of sp³-hybridized carbons (Fsp3) is 0.444. The molecule has 1 aromatic carbocycles. The Morgan fingerprint density at radius 2 is 2.04 bits per heavy atom. The summed E-state index contributed by atoms with van der Waals surface area (Å²) < 4.78 is 0. The second-order valence-electron chi connectivity index (χ2n) is 6.24. The summed E-state index contributed by atoms with van der Waals surface area (Å²) in [6.45, 7) is 5.42. The van der Waals surface area contributed by atoms with E-state index < -0.39 is 0 Å². The Morgan fingerprint density at radius 1 is 1.28 bits per heavy atom. The van der Waals surface area contributed by atoms with Crippen LogP contribution in [0, 0.1) is 10.1 Å². The molecule has 25 heavy (non-hydrogen) atoms. The van der Waals surface area contributed by atoms with E-state index in [1.807, 2.05) is 47.1 Å². The molecule has 7 nitrogen and oxygen atoms in total. The molecular weight excluding hydrogens is 318 g/mol. The number of piperidine rings is 1. The van der Waals surface area contributed by atoms with Crippen molar-refractivity contribution in [3.63, 3.8) is 0 Å². The predicted molar refractivity (Wildman–Crippen MR) is 98.5 cm³/mol. The van der Waals surface area contributed by atoms with Crippen molar-refractivity contribution in [1.29, 1.82) is 0 Å². The number of hydrogen-bond donors (Lipinski definition) is 0. The van der Waals surface area contributed by atoms with Crippen molar-refractivity contribution in [2.45, 2.75) is 39.2 Å². The maximum Gasteiger partial charge on any atom is 0.354 e. The Kier molecular flexibility index (Phi) is 5.11. The van der Waals surface area contributed by atoms with E-state index in [-0.39, 0.29) is 16.7 Å². The van der Waals surface area contributed by atoms with Crippen LogP contribution in [0.2, 0.25) is 0 Å². The molecule has 0 amide bonds. The van der Waals surface area contributed by atoms with E-state index in [1.54, 1.807) is 0 Å². The molecule has 1 saturated heterocycles. The zero-order valence-corrected chi connectivity index (χ0v) is 14.6. The summed E-state index contributed by atoms with van der Waals surface area (Å²) in [6, 6.07) is 9.85. The van der Waals surface area contributed by atoms with E-state index in [9.17, 15) is 10.1 Å². The summed E-state index contributed by atoms with van der Waals surface area (Å²) in [7, 11) is 0. The van der Waals surface area contributed by atoms with E-state index >= 15 is 0 Å². The van der Waals surface area contributed by atoms with Crippen LogP contribution in [0.15, 0.2) is 36.7 Å². The number of hydrogen-bond acceptors (Lipinski definition) is 6. The summed E-state index contributed by atoms with van der Waals surface area (Å²) in [5, 5.41) is 11.9. The summed E-state index contributed by atoms with van der Waals surface area (Å²) in [6.07, 6.45) is 4.63. The van der Waals surface area contributed by atoms with Gasteiger partial charge >= 0.3 is 5.69 Å². The molecule has 0 radical (unpaired) electrons. The maximum absolute atomic E-state index is 11.9. The quantitative estimate of drug-likeness (QED) is 0.606. The van der Waals surface area contributed by atoms with E-state index in [0.717, 1.165) is 31.5 Å². The third-order valence-corrected chi connectivity index (χ3v) is 4.68. The molecule has 132 valence electrons. The van der Waals surface area contributed by atoms with Gasteiger partial charge in [-0.25, -0.2) is 9.97 Å². The molecular formula is C18H23N5O2. The Hall–Kier alpha value is -2.70. The van der Waals surface area contributed by atoms with Gasteiger partial charge in [-0.05, 0) is 45.2 Å². The highest BCUT2D eigenvalue weighted by molar-refractivity contribution is 5.76. The van der Waals surface area contributed by atoms with E-state index in [0.29, 0.717) is 18.2 Å². The molecule has 1 atom stereocenters. The van der Waals surface area contributed by atoms with Gasteiger partial charge in [-0.15, -0.1) is 0 Å². The molecule has 0 N–H and O–H groups in total. The molecule has 1 aliphatic rings. The van der Waals surface area contributed by atoms with Crippen molar-refractivity contribution in [2.24, 2.45) is 0 Å². The van der Waals surface area contributed by atoms with Gasteiger partial charge < -0.3 is 9.80 Å². The SMILES string of the molecule is CCN(c1ccccc1)c1ncnc(N2CCCCC2C)c1[N+](=O)[O-]. The molecule has 3 rings (SSSR count). The Labute approximate surface area is 147 Å². The number of benzene rings is 1. The number of aromatic nitrogens is 2. The van der Waals surface area contributed by atoms with Gasteiger partial charge in [0.25, 0.3) is 0 Å². The standard InChI is InChI=1S/C18H23N5O2/c1-3-21(15-10-5-4-6-11-15)17-16(23(24)25)18(20-13-19-17)22-12-8-7-9-14(22)2/h4-6,10-11,13-14H,3,7-9,12H2,1-2H3. The van der Waals surface area contributed by atoms with Crippen LogP contribution in [0.5, 0.6) is 0 Å². The lowest BCUT2D eigenvalue weighted by Gasteiger charge is -2.34. The van der Waals surface area contributed by atoms with Crippen molar-refractivity contribution >= 4 is 23.0 Å². The number of nitro groups is 1. The summed E-state index contributed by atoms with van der Waals surface area (Å²) in [5.74, 6) is 0.776. The number of rotatable bonds is 5. The molecule has 2 heterocycles. The summed E-state index contributed by atoms with van der Waals surface area (Å²) >= 11 is 0. The zero-order chi connectivity index (χ0) is 17.8. The lowest BCUT2D eigenvalue weighted by Crippen LogP contribution is -2.38. The fourth-order valence-electron chi connectivity index (χ4n) is 3.41. The second-order valence-corrected chi connectivity index (χ2v) is 6.24. The minimum Gasteiger partial charge on any atom is -0.348 e. The highest BCUT2D eigenvalue weighted by atomic mass is 16.6. The van der Waals surface area contributed by atoms with Gasteiger partial charge in [0.2, 0.25) is 11.6 Å². The van der Waals surface area contributed by atoms with Crippen molar-refractivity contribution in [1.82, 2.24) is 9.97 Å². The lowest BCUT2D eigenvalue weighted by molar-refractivity contribution is -0.383. The first-order chi connectivity index (χ1) is 12.1. The van der Waals surface area contributed by atoms with Crippen molar-refractivity contribution in [2.75, 3.05) is 22.9 Å². The highest BCUT2D eigenvalue weighted by Crippen LogP contribution is 2.39. The average Bonchev–Trinajstić information content (AvgIpc) is 2.63. The largest absolute Gasteiger partial charge is 0.354 e. The first-order valence-corrected chi connectivity index (χ1v) is 8.72. The third-order valence-electron chi connectivity index (χ3n) is 4.68. The van der Waals surface area contributed by atoms with E-state index in [2.05, 4.69) is 16.9 Å². The Morgan fingerprint density at radius 3 is 2.68 bits per heavy atom. The molecule has 0 aliphatic carbocycles. The van der Waals surface area contributed by atoms with Crippen LogP contribution < -0.4 is 9.80 Å². The third kappa shape index (κ3) is 3.40. The molecule has 1 fully saturated rings. The van der Waals surface area contributed by atoms with Crippen LogP contribution in [0.3, 0.4) is 0 Å². The van der Waals surface area contributed by atoms with Crippen LogP contribution in [0.25, 0.3) is 0 Å². The minimum atomic E-state index is -0.350. The van der Waals surface area contributed by atoms with Crippen LogP contribution in [0.4, 0.5) is 23.0 Å². The summed E-state index contributed by atoms with van der Waals surface area (Å²) in [5.41, 5.74) is 0.867. The monoisotopic (exact) mass is 341 g/mol. The number of para-hydroxylation sites is 1. The van der Waals surface area contributed by atoms with Gasteiger partial charge in [-0.3, -0.25) is 10.1 Å². The van der Waals surface area contributed by atoms with Gasteiger partial charge in [0.15, 0.2) is 0 Å². The molecule has 0 spiro atoms. The Balaban J connectivity index is 2.10. The van der Waals surface area contributed by atoms with Gasteiger partial charge in [0.1, 0.15) is 6.33 Å². The van der Waals surface area contributed by atoms with Crippen molar-refractivity contribution in [3.8, 4) is 0 Å². The van der Waals surface area contributed by atoms with Crippen LogP contribution in [-0.4, -0.2) is 34.0 Å². The van der Waals surface area contributed by atoms with Crippen LogP contribution >= 0.6 is 0 Å². The highest BCUT2D eigenvalue weighted by Gasteiger charge is 2.32. The van der Waals surface area contributed by atoms with Gasteiger partial charge in [0.05, 0.1) is 4.92 Å². The van der Waals surface area contributed by atoms with Crippen molar-refractivity contribution < 1.29 is 4.92 Å². The molecule has 2 aromatic rings. The topological polar surface area (TPSA) is 75.4 Å². The predicted octanol–water partition coefficient (Wildman–Crippen LogP) is 3.92. The molecule has 1 aromatic heterocycles. The smallest absolute Gasteiger partial charge is 0.348 e. The molecule has 1 aliphatic heterocycles. The maximum atomic E-state index is 11.9. The number of nitrogens with zero attached hydrogens (tertiary/aromatic N) is 5. The normalized spacial score (nSPS) is 17.4. The summed E-state index contributed by atoms with van der Waals surface area (Å²) in [4.78, 5) is 24.0. The molecule has 7 heteroatoms. The molecule has 0 bridgehead atoms. The van der Waals surface area contributed by atoms with Crippen molar-refractivity contribution in [3.05, 3.63) is 46.8 Å². The van der Waals surface area contributed by atoms with Gasteiger partial charge in [0, 0.05) is 24.8 Å². The van der Waals surface area contributed by atoms with Gasteiger partial charge in [-0.2, -0.15) is 0 Å². The van der Waals surface area contributed by atoms with Crippen LogP contribution in [0.1, 0.15) is 33.1 Å². The minimum absolute atomic E-state index is 0.0121. The van der Waals surface area contributed by atoms with E-state index in [4.69, 9.17) is 0 Å². The fourth-order valence-corrected chi connectivity index (χ4v) is 3.41. The molecule has 1 unspecified atom stereocenters. The average molecular weight is 341 g/mol. The molecule has 0 saturated carbocycles.